The summed E-state index contributed by atoms with van der Waals surface area (Å²) < 4.78 is 5.46. The molecule has 1 fully saturated rings. The van der Waals surface area contributed by atoms with Crippen LogP contribution < -0.4 is 10.2 Å². The summed E-state index contributed by atoms with van der Waals surface area (Å²) in [6.45, 7) is 2.55. The molecule has 1 aromatic carbocycles. The molecule has 1 saturated heterocycles. The van der Waals surface area contributed by atoms with E-state index in [1.165, 1.54) is 29.2 Å². The van der Waals surface area contributed by atoms with Gasteiger partial charge in [-0.2, -0.15) is 5.26 Å². The number of hydrogen-bond acceptors (Lipinski definition) is 6. The maximum atomic E-state index is 12.3. The summed E-state index contributed by atoms with van der Waals surface area (Å²) in [4.78, 5) is 30.3. The predicted octanol–water partition coefficient (Wildman–Crippen LogP) is 3.03. The zero-order valence-corrected chi connectivity index (χ0v) is 16.2. The van der Waals surface area contributed by atoms with Crippen molar-refractivity contribution in [1.82, 2.24) is 10.3 Å². The minimum Gasteiger partial charge on any atom is -0.376 e. The van der Waals surface area contributed by atoms with Gasteiger partial charge in [-0.25, -0.2) is 4.98 Å². The van der Waals surface area contributed by atoms with Crippen LogP contribution in [0.5, 0.6) is 0 Å². The van der Waals surface area contributed by atoms with Gasteiger partial charge < -0.3 is 10.1 Å². The van der Waals surface area contributed by atoms with Gasteiger partial charge in [-0.1, -0.05) is 18.2 Å². The summed E-state index contributed by atoms with van der Waals surface area (Å²) in [6.07, 6.45) is 3.32. The molecule has 1 aromatic heterocycles. The summed E-state index contributed by atoms with van der Waals surface area (Å²) in [5.74, 6) is -0.634. The first kappa shape index (κ1) is 19.7. The third kappa shape index (κ3) is 4.82. The van der Waals surface area contributed by atoms with E-state index in [2.05, 4.69) is 10.3 Å². The Labute approximate surface area is 167 Å². The molecule has 8 heteroatoms. The Hall–Kier alpha value is -3.02. The molecule has 1 atom stereocenters. The number of hydrogen-bond donors (Lipinski definition) is 1. The van der Waals surface area contributed by atoms with Gasteiger partial charge in [0.25, 0.3) is 5.91 Å². The molecule has 0 radical (unpaired) electrons. The largest absolute Gasteiger partial charge is 0.376 e. The number of nitriles is 1. The number of thiazole rings is 1. The van der Waals surface area contributed by atoms with E-state index in [1.807, 2.05) is 36.4 Å². The standard InChI is InChI=1S/C20H20N4O3S/c1-14(25)24(17-6-3-2-4-7-17)20-23-16(13-28-20)10-15(11-21)19(26)22-12-18-8-5-9-27-18/h2-4,6-7,10,13,18H,5,8-9,12H2,1H3,(H,22,26)/b15-10+/t18-/m0/s1. The predicted molar refractivity (Wildman–Crippen MR) is 107 cm³/mol. The van der Waals surface area contributed by atoms with Gasteiger partial charge in [0.05, 0.1) is 17.5 Å². The first-order valence-corrected chi connectivity index (χ1v) is 9.79. The minimum absolute atomic E-state index is 0.00441. The lowest BCUT2D eigenvalue weighted by atomic mass is 10.2. The van der Waals surface area contributed by atoms with Gasteiger partial charge in [-0.05, 0) is 31.1 Å². The first-order valence-electron chi connectivity index (χ1n) is 8.91. The fourth-order valence-electron chi connectivity index (χ4n) is 2.85. The lowest BCUT2D eigenvalue weighted by Gasteiger charge is -2.17. The van der Waals surface area contributed by atoms with Gasteiger partial charge in [-0.15, -0.1) is 11.3 Å². The summed E-state index contributed by atoms with van der Waals surface area (Å²) >= 11 is 1.27. The normalized spacial score (nSPS) is 16.4. The van der Waals surface area contributed by atoms with Gasteiger partial charge in [0.15, 0.2) is 5.13 Å². The first-order chi connectivity index (χ1) is 13.6. The Morgan fingerprint density at radius 3 is 2.86 bits per heavy atom. The molecule has 1 aliphatic rings. The van der Waals surface area contributed by atoms with E-state index >= 15 is 0 Å². The lowest BCUT2D eigenvalue weighted by Crippen LogP contribution is -2.32. The van der Waals surface area contributed by atoms with E-state index in [4.69, 9.17) is 4.74 Å². The number of amides is 2. The van der Waals surface area contributed by atoms with Crippen molar-refractivity contribution in [2.75, 3.05) is 18.1 Å². The Kier molecular flexibility index (Phi) is 6.53. The van der Waals surface area contributed by atoms with Crippen LogP contribution in [0.2, 0.25) is 0 Å². The van der Waals surface area contributed by atoms with Crippen molar-refractivity contribution in [3.8, 4) is 6.07 Å². The molecule has 7 nitrogen and oxygen atoms in total. The Morgan fingerprint density at radius 2 is 2.21 bits per heavy atom. The van der Waals surface area contributed by atoms with Crippen LogP contribution in [0, 0.1) is 11.3 Å². The molecule has 0 unspecified atom stereocenters. The topological polar surface area (TPSA) is 95.3 Å². The number of carbonyl (C=O) groups excluding carboxylic acids is 2. The summed E-state index contributed by atoms with van der Waals surface area (Å²) in [6, 6.07) is 11.1. The molecule has 2 aromatic rings. The number of anilines is 2. The van der Waals surface area contributed by atoms with E-state index < -0.39 is 5.91 Å². The van der Waals surface area contributed by atoms with Crippen molar-refractivity contribution in [2.45, 2.75) is 25.9 Å². The molecule has 3 rings (SSSR count). The molecule has 2 heterocycles. The Bertz CT molecular complexity index is 911. The molecule has 0 spiro atoms. The van der Waals surface area contributed by atoms with Crippen molar-refractivity contribution in [3.05, 3.63) is 47.0 Å². The van der Waals surface area contributed by atoms with Crippen molar-refractivity contribution in [1.29, 1.82) is 5.26 Å². The molecule has 0 saturated carbocycles. The van der Waals surface area contributed by atoms with Gasteiger partial charge in [0.1, 0.15) is 11.6 Å². The van der Waals surface area contributed by atoms with Crippen LogP contribution in [0.3, 0.4) is 0 Å². The molecular weight excluding hydrogens is 376 g/mol. The molecule has 1 aliphatic heterocycles. The van der Waals surface area contributed by atoms with Gasteiger partial charge in [0, 0.05) is 25.5 Å². The van der Waals surface area contributed by atoms with Crippen molar-refractivity contribution >= 4 is 40.0 Å². The maximum absolute atomic E-state index is 12.3. The molecular formula is C20H20N4O3S. The van der Waals surface area contributed by atoms with Crippen LogP contribution in [-0.2, 0) is 14.3 Å². The molecule has 0 aliphatic carbocycles. The van der Waals surface area contributed by atoms with Crippen LogP contribution in [-0.4, -0.2) is 36.1 Å². The summed E-state index contributed by atoms with van der Waals surface area (Å²) in [5, 5.41) is 14.2. The van der Waals surface area contributed by atoms with E-state index in [0.717, 1.165) is 12.8 Å². The molecule has 144 valence electrons. The zero-order valence-electron chi connectivity index (χ0n) is 15.4. The number of ether oxygens (including phenoxy) is 1. The highest BCUT2D eigenvalue weighted by atomic mass is 32.1. The van der Waals surface area contributed by atoms with Crippen molar-refractivity contribution in [2.24, 2.45) is 0 Å². The van der Waals surface area contributed by atoms with E-state index in [0.29, 0.717) is 29.7 Å². The quantitative estimate of drug-likeness (QED) is 0.598. The number of rotatable bonds is 6. The number of carbonyl (C=O) groups is 2. The second-order valence-corrected chi connectivity index (χ2v) is 7.10. The van der Waals surface area contributed by atoms with Crippen molar-refractivity contribution in [3.63, 3.8) is 0 Å². The monoisotopic (exact) mass is 396 g/mol. The zero-order chi connectivity index (χ0) is 19.9. The van der Waals surface area contributed by atoms with E-state index in [1.54, 1.807) is 5.38 Å². The molecule has 0 bridgehead atoms. The summed E-state index contributed by atoms with van der Waals surface area (Å²) in [5.41, 5.74) is 1.12. The van der Waals surface area contributed by atoms with Crippen LogP contribution in [0.4, 0.5) is 10.8 Å². The number of nitrogens with one attached hydrogen (secondary N) is 1. The average molecular weight is 396 g/mol. The third-order valence-electron chi connectivity index (χ3n) is 4.20. The number of para-hydroxylation sites is 1. The highest BCUT2D eigenvalue weighted by Crippen LogP contribution is 2.29. The van der Waals surface area contributed by atoms with Crippen LogP contribution in [0.1, 0.15) is 25.5 Å². The molecule has 28 heavy (non-hydrogen) atoms. The van der Waals surface area contributed by atoms with Crippen LogP contribution >= 0.6 is 11.3 Å². The Morgan fingerprint density at radius 1 is 1.43 bits per heavy atom. The number of aromatic nitrogens is 1. The second kappa shape index (κ2) is 9.26. The highest BCUT2D eigenvalue weighted by molar-refractivity contribution is 7.14. The fraction of sp³-hybridized carbons (Fsp3) is 0.300. The molecule has 1 N–H and O–H groups in total. The second-order valence-electron chi connectivity index (χ2n) is 6.26. The SMILES string of the molecule is CC(=O)N(c1ccccc1)c1nc(/C=C(\C#N)C(=O)NC[C@@H]2CCCO2)cs1. The van der Waals surface area contributed by atoms with Gasteiger partial charge >= 0.3 is 0 Å². The fourth-order valence-corrected chi connectivity index (χ4v) is 3.70. The number of nitrogens with zero attached hydrogens (tertiary/aromatic N) is 3. The maximum Gasteiger partial charge on any atom is 0.262 e. The van der Waals surface area contributed by atoms with Crippen molar-refractivity contribution < 1.29 is 14.3 Å². The minimum atomic E-state index is -0.459. The lowest BCUT2D eigenvalue weighted by molar-refractivity contribution is -0.117. The van der Waals surface area contributed by atoms with Gasteiger partial charge in [0.2, 0.25) is 5.91 Å². The van der Waals surface area contributed by atoms with Crippen LogP contribution in [0.15, 0.2) is 41.3 Å². The highest BCUT2D eigenvalue weighted by Gasteiger charge is 2.19. The third-order valence-corrected chi connectivity index (χ3v) is 5.05. The smallest absolute Gasteiger partial charge is 0.262 e. The summed E-state index contributed by atoms with van der Waals surface area (Å²) in [7, 11) is 0. The number of benzene rings is 1. The van der Waals surface area contributed by atoms with Gasteiger partial charge in [-0.3, -0.25) is 14.5 Å². The van der Waals surface area contributed by atoms with Crippen LogP contribution in [0.25, 0.3) is 6.08 Å². The molecule has 2 amide bonds. The average Bonchev–Trinajstić information content (AvgIpc) is 3.37. The van der Waals surface area contributed by atoms with E-state index in [9.17, 15) is 14.9 Å². The van der Waals surface area contributed by atoms with E-state index in [-0.39, 0.29) is 17.6 Å². The Balaban J connectivity index is 1.74.